The molecule has 0 bridgehead atoms. The van der Waals surface area contributed by atoms with Gasteiger partial charge in [0.15, 0.2) is 0 Å². The molecule has 6 unspecified atom stereocenters. The number of aliphatic hydroxyl groups excluding tert-OH is 5. The molecule has 0 radical (unpaired) electrons. The lowest BCUT2D eigenvalue weighted by molar-refractivity contribution is -0.220. The van der Waals surface area contributed by atoms with Gasteiger partial charge in [0.25, 0.3) is 0 Å². The summed E-state index contributed by atoms with van der Waals surface area (Å²) in [7, 11) is -5.01. The van der Waals surface area contributed by atoms with E-state index in [2.05, 4.69) is 38.2 Å². The number of carbonyl (C=O) groups is 1. The van der Waals surface area contributed by atoms with E-state index in [1.165, 1.54) is 64.2 Å². The van der Waals surface area contributed by atoms with Gasteiger partial charge in [-0.3, -0.25) is 13.8 Å². The SMILES string of the molecule is CCCC/C=C\C/C=C\CCCCCCCC(=O)OC(COCCCCCCCCCCCCC)COP(=O)(O)OC1C(O)C(O)C(O)C(O)C1O. The first-order chi connectivity index (χ1) is 25.0. The summed E-state index contributed by atoms with van der Waals surface area (Å²) in [4.78, 5) is 23.0. The second-order valence-corrected chi connectivity index (χ2v) is 15.5. The van der Waals surface area contributed by atoms with Crippen LogP contribution >= 0.6 is 7.82 Å². The molecule has 1 rings (SSSR count). The molecule has 52 heavy (non-hydrogen) atoms. The molecule has 1 saturated carbocycles. The van der Waals surface area contributed by atoms with Crippen molar-refractivity contribution in [3.63, 3.8) is 0 Å². The zero-order valence-electron chi connectivity index (χ0n) is 32.1. The molecule has 0 aromatic carbocycles. The van der Waals surface area contributed by atoms with Gasteiger partial charge >= 0.3 is 13.8 Å². The lowest BCUT2D eigenvalue weighted by Crippen LogP contribution is -2.64. The second kappa shape index (κ2) is 31.1. The summed E-state index contributed by atoms with van der Waals surface area (Å²) in [6, 6.07) is 0. The first-order valence-corrected chi connectivity index (χ1v) is 21.7. The minimum Gasteiger partial charge on any atom is -0.457 e. The Morgan fingerprint density at radius 2 is 1.10 bits per heavy atom. The fourth-order valence-electron chi connectivity index (χ4n) is 6.02. The second-order valence-electron chi connectivity index (χ2n) is 14.1. The molecule has 1 fully saturated rings. The Morgan fingerprint density at radius 3 is 1.67 bits per heavy atom. The van der Waals surface area contributed by atoms with Crippen LogP contribution < -0.4 is 0 Å². The van der Waals surface area contributed by atoms with E-state index >= 15 is 0 Å². The molecule has 0 aromatic heterocycles. The van der Waals surface area contributed by atoms with Crippen molar-refractivity contribution in [1.82, 2.24) is 0 Å². The minimum atomic E-state index is -5.01. The van der Waals surface area contributed by atoms with Gasteiger partial charge in [-0.05, 0) is 38.5 Å². The van der Waals surface area contributed by atoms with E-state index in [1.54, 1.807) is 0 Å². The summed E-state index contributed by atoms with van der Waals surface area (Å²) in [5, 5.41) is 50.0. The third-order valence-corrected chi connectivity index (χ3v) is 10.3. The molecular weight excluding hydrogens is 691 g/mol. The van der Waals surface area contributed by atoms with Gasteiger partial charge in [-0.15, -0.1) is 0 Å². The highest BCUT2D eigenvalue weighted by molar-refractivity contribution is 7.47. The van der Waals surface area contributed by atoms with Crippen LogP contribution in [0.5, 0.6) is 0 Å². The van der Waals surface area contributed by atoms with E-state index < -0.39 is 63.1 Å². The van der Waals surface area contributed by atoms with Crippen LogP contribution in [0.15, 0.2) is 24.3 Å². The van der Waals surface area contributed by atoms with Crippen LogP contribution in [0.1, 0.15) is 155 Å². The Bertz CT molecular complexity index is 963. The van der Waals surface area contributed by atoms with Crippen LogP contribution in [0.25, 0.3) is 0 Å². The minimum absolute atomic E-state index is 0.0795. The highest BCUT2D eigenvalue weighted by Gasteiger charge is 2.51. The topological polar surface area (TPSA) is 192 Å². The van der Waals surface area contributed by atoms with Gasteiger partial charge in [-0.1, -0.05) is 134 Å². The van der Waals surface area contributed by atoms with Gasteiger partial charge < -0.3 is 39.9 Å². The number of unbranched alkanes of at least 4 members (excludes halogenated alkanes) is 17. The largest absolute Gasteiger partial charge is 0.472 e. The van der Waals surface area contributed by atoms with Gasteiger partial charge in [0.05, 0.1) is 13.2 Å². The molecule has 0 aromatic rings. The summed E-state index contributed by atoms with van der Waals surface area (Å²) in [6.07, 6.45) is 19.7. The standard InChI is InChI=1S/C39H73O12P/c1-3-5-7-9-11-13-15-16-17-18-20-22-24-26-28-33(40)50-32(30-48-29-27-25-23-21-19-14-12-10-8-6-4-2)31-49-52(46,47)51-39-37(44)35(42)34(41)36(43)38(39)45/h9,11,15-16,32,34-39,41-45H,3-8,10,12-14,17-31H2,1-2H3,(H,46,47)/b11-9-,16-15-. The number of phosphoric ester groups is 1. The molecule has 6 atom stereocenters. The van der Waals surface area contributed by atoms with Gasteiger partial charge in [0.1, 0.15) is 42.7 Å². The molecule has 12 nitrogen and oxygen atoms in total. The number of rotatable bonds is 33. The molecule has 0 saturated heterocycles. The summed E-state index contributed by atoms with van der Waals surface area (Å²) < 4.78 is 34.0. The monoisotopic (exact) mass is 764 g/mol. The Labute approximate surface area is 313 Å². The van der Waals surface area contributed by atoms with Gasteiger partial charge in [-0.2, -0.15) is 0 Å². The van der Waals surface area contributed by atoms with Crippen LogP contribution in [-0.4, -0.2) is 98.9 Å². The Morgan fingerprint density at radius 1 is 0.615 bits per heavy atom. The Kier molecular flexibility index (Phi) is 29.2. The van der Waals surface area contributed by atoms with Gasteiger partial charge in [-0.25, -0.2) is 4.57 Å². The maximum Gasteiger partial charge on any atom is 0.472 e. The quantitative estimate of drug-likeness (QED) is 0.0174. The molecule has 0 amide bonds. The third-order valence-electron chi connectivity index (χ3n) is 9.33. The van der Waals surface area contributed by atoms with E-state index in [-0.39, 0.29) is 13.0 Å². The maximum atomic E-state index is 12.7. The van der Waals surface area contributed by atoms with Gasteiger partial charge in [0, 0.05) is 13.0 Å². The normalized spacial score (nSPS) is 24.1. The summed E-state index contributed by atoms with van der Waals surface area (Å²) in [6.45, 7) is 4.17. The fourth-order valence-corrected chi connectivity index (χ4v) is 6.99. The molecule has 1 aliphatic carbocycles. The van der Waals surface area contributed by atoms with Crippen molar-refractivity contribution >= 4 is 13.8 Å². The summed E-state index contributed by atoms with van der Waals surface area (Å²) in [5.74, 6) is -0.492. The molecule has 13 heteroatoms. The molecular formula is C39H73O12P. The van der Waals surface area contributed by atoms with Crippen molar-refractivity contribution in [2.45, 2.75) is 198 Å². The van der Waals surface area contributed by atoms with Crippen molar-refractivity contribution in [3.8, 4) is 0 Å². The van der Waals surface area contributed by atoms with Gasteiger partial charge in [0.2, 0.25) is 0 Å². The molecule has 6 N–H and O–H groups in total. The first-order valence-electron chi connectivity index (χ1n) is 20.2. The van der Waals surface area contributed by atoms with Crippen molar-refractivity contribution in [2.75, 3.05) is 19.8 Å². The predicted molar refractivity (Wildman–Crippen MR) is 203 cm³/mol. The summed E-state index contributed by atoms with van der Waals surface area (Å²) in [5.41, 5.74) is 0. The zero-order valence-corrected chi connectivity index (χ0v) is 33.0. The van der Waals surface area contributed by atoms with Crippen molar-refractivity contribution in [3.05, 3.63) is 24.3 Å². The average molecular weight is 765 g/mol. The number of hydrogen-bond donors (Lipinski definition) is 6. The van der Waals surface area contributed by atoms with E-state index in [0.717, 1.165) is 64.2 Å². The third kappa shape index (κ3) is 23.6. The number of carbonyl (C=O) groups excluding carboxylic acids is 1. The molecule has 0 aliphatic heterocycles. The van der Waals surface area contributed by atoms with Crippen molar-refractivity contribution < 1.29 is 58.3 Å². The number of ether oxygens (including phenoxy) is 2. The number of phosphoric acid groups is 1. The smallest absolute Gasteiger partial charge is 0.457 e. The lowest BCUT2D eigenvalue weighted by Gasteiger charge is -2.41. The molecule has 0 spiro atoms. The fraction of sp³-hybridized carbons (Fsp3) is 0.872. The van der Waals surface area contributed by atoms with Crippen molar-refractivity contribution in [1.29, 1.82) is 0 Å². The van der Waals surface area contributed by atoms with Crippen molar-refractivity contribution in [2.24, 2.45) is 0 Å². The van der Waals surface area contributed by atoms with E-state index in [0.29, 0.717) is 13.0 Å². The number of allylic oxidation sites excluding steroid dienone is 4. The lowest BCUT2D eigenvalue weighted by atomic mass is 9.85. The van der Waals surface area contributed by atoms with E-state index in [9.17, 15) is 39.8 Å². The maximum absolute atomic E-state index is 12.7. The molecule has 306 valence electrons. The number of aliphatic hydroxyl groups is 5. The average Bonchev–Trinajstić information content (AvgIpc) is 3.12. The van der Waals surface area contributed by atoms with Crippen LogP contribution in [-0.2, 0) is 27.9 Å². The summed E-state index contributed by atoms with van der Waals surface area (Å²) >= 11 is 0. The van der Waals surface area contributed by atoms with Crippen LogP contribution in [0.4, 0.5) is 0 Å². The molecule has 0 heterocycles. The van der Waals surface area contributed by atoms with Crippen LogP contribution in [0.3, 0.4) is 0 Å². The predicted octanol–water partition coefficient (Wildman–Crippen LogP) is 6.97. The zero-order chi connectivity index (χ0) is 38.5. The first kappa shape index (κ1) is 48.8. The van der Waals surface area contributed by atoms with Crippen LogP contribution in [0, 0.1) is 0 Å². The Hall–Kier alpha value is -1.18. The molecule has 1 aliphatic rings. The van der Waals surface area contributed by atoms with Crippen LogP contribution in [0.2, 0.25) is 0 Å². The van der Waals surface area contributed by atoms with E-state index in [4.69, 9.17) is 18.5 Å². The highest BCUT2D eigenvalue weighted by atomic mass is 31.2. The highest BCUT2D eigenvalue weighted by Crippen LogP contribution is 2.47. The Balaban J connectivity index is 2.47. The number of esters is 1. The van der Waals surface area contributed by atoms with E-state index in [1.807, 2.05) is 0 Å². The number of hydrogen-bond acceptors (Lipinski definition) is 11.